The van der Waals surface area contributed by atoms with Gasteiger partial charge < -0.3 is 19.4 Å². The van der Waals surface area contributed by atoms with Gasteiger partial charge in [0.15, 0.2) is 5.60 Å². The molecule has 0 radical (unpaired) electrons. The summed E-state index contributed by atoms with van der Waals surface area (Å²) in [6, 6.07) is 0. The van der Waals surface area contributed by atoms with Crippen molar-refractivity contribution in [2.45, 2.75) is 37.7 Å². The second-order valence-corrected chi connectivity index (χ2v) is 6.29. The minimum Gasteiger partial charge on any atom is -0.381 e. The Morgan fingerprint density at radius 2 is 2.18 bits per heavy atom. The maximum atomic E-state index is 12.9. The van der Waals surface area contributed by atoms with Gasteiger partial charge in [0, 0.05) is 65.1 Å². The predicted molar refractivity (Wildman–Crippen MR) is 81.4 cm³/mol. The van der Waals surface area contributed by atoms with Crippen LogP contribution in [0, 0.1) is 5.92 Å². The molecule has 22 heavy (non-hydrogen) atoms. The summed E-state index contributed by atoms with van der Waals surface area (Å²) in [6.45, 7) is 2.84. The number of likely N-dealkylation sites (tertiary alicyclic amines) is 1. The van der Waals surface area contributed by atoms with E-state index in [0.717, 1.165) is 38.2 Å². The van der Waals surface area contributed by atoms with E-state index in [0.29, 0.717) is 32.0 Å². The highest BCUT2D eigenvalue weighted by Crippen LogP contribution is 2.29. The van der Waals surface area contributed by atoms with E-state index in [1.165, 1.54) is 0 Å². The molecule has 0 aromatic carbocycles. The van der Waals surface area contributed by atoms with Crippen molar-refractivity contribution in [3.8, 4) is 0 Å². The average Bonchev–Trinajstić information content (AvgIpc) is 3.08. The summed E-state index contributed by atoms with van der Waals surface area (Å²) in [5.41, 5.74) is -0.661. The van der Waals surface area contributed by atoms with Crippen LogP contribution in [0.4, 0.5) is 0 Å². The number of methoxy groups -OCH3 is 1. The van der Waals surface area contributed by atoms with Gasteiger partial charge in [-0.25, -0.2) is 4.98 Å². The fraction of sp³-hybridized carbons (Fsp3) is 0.750. The highest BCUT2D eigenvalue weighted by atomic mass is 16.5. The van der Waals surface area contributed by atoms with Gasteiger partial charge in [0.1, 0.15) is 5.82 Å². The molecule has 0 bridgehead atoms. The lowest BCUT2D eigenvalue weighted by Gasteiger charge is -2.41. The highest BCUT2D eigenvalue weighted by Gasteiger charge is 2.43. The Labute approximate surface area is 131 Å². The van der Waals surface area contributed by atoms with E-state index in [1.807, 2.05) is 11.1 Å². The monoisotopic (exact) mass is 307 g/mol. The first-order chi connectivity index (χ1) is 10.7. The quantitative estimate of drug-likeness (QED) is 0.913. The lowest BCUT2D eigenvalue weighted by molar-refractivity contribution is -0.167. The zero-order chi connectivity index (χ0) is 15.4. The maximum absolute atomic E-state index is 12.9. The van der Waals surface area contributed by atoms with Gasteiger partial charge in [0.25, 0.3) is 5.91 Å². The Bertz CT molecular complexity index is 475. The molecular weight excluding hydrogens is 282 g/mol. The molecule has 1 aromatic heterocycles. The van der Waals surface area contributed by atoms with Crippen molar-refractivity contribution in [2.75, 3.05) is 33.4 Å². The number of imidazole rings is 1. The van der Waals surface area contributed by atoms with E-state index in [9.17, 15) is 4.79 Å². The number of piperidine rings is 1. The third-order valence-corrected chi connectivity index (χ3v) is 5.02. The fourth-order valence-electron chi connectivity index (χ4n) is 3.52. The Hall–Kier alpha value is -1.40. The van der Waals surface area contributed by atoms with E-state index in [-0.39, 0.29) is 5.91 Å². The van der Waals surface area contributed by atoms with Crippen LogP contribution in [0.1, 0.15) is 31.5 Å². The van der Waals surface area contributed by atoms with Gasteiger partial charge in [-0.1, -0.05) is 0 Å². The summed E-state index contributed by atoms with van der Waals surface area (Å²) < 4.78 is 11.0. The molecular formula is C16H25N3O3. The summed E-state index contributed by atoms with van der Waals surface area (Å²) >= 11 is 0. The number of carbonyl (C=O) groups excluding carboxylic acids is 1. The lowest BCUT2D eigenvalue weighted by Crippen LogP contribution is -2.55. The third kappa shape index (κ3) is 3.17. The van der Waals surface area contributed by atoms with Crippen LogP contribution < -0.4 is 0 Å². The summed E-state index contributed by atoms with van der Waals surface area (Å²) in [7, 11) is 1.65. The molecule has 2 aliphatic heterocycles. The molecule has 3 rings (SSSR count). The number of rotatable bonds is 4. The number of carbonyl (C=O) groups is 1. The van der Waals surface area contributed by atoms with Gasteiger partial charge in [-0.3, -0.25) is 4.79 Å². The van der Waals surface area contributed by atoms with Gasteiger partial charge in [0.05, 0.1) is 0 Å². The number of ether oxygens (including phenoxy) is 2. The standard InChI is InChI=1S/C16H25N3O3/c1-21-16(4-10-22-11-5-16)15(20)19-8-2-13(3-9-19)12-14-17-6-7-18-14/h6-7,13H,2-5,8-12H2,1H3,(H,17,18). The first-order valence-corrected chi connectivity index (χ1v) is 8.14. The third-order valence-electron chi connectivity index (χ3n) is 5.02. The predicted octanol–water partition coefficient (Wildman–Crippen LogP) is 1.39. The Kier molecular flexibility index (Phi) is 4.78. The van der Waals surface area contributed by atoms with Gasteiger partial charge in [-0.15, -0.1) is 0 Å². The van der Waals surface area contributed by atoms with E-state index in [4.69, 9.17) is 9.47 Å². The molecule has 1 amide bonds. The molecule has 1 N–H and O–H groups in total. The number of hydrogen-bond acceptors (Lipinski definition) is 4. The molecule has 2 fully saturated rings. The number of hydrogen-bond donors (Lipinski definition) is 1. The number of amides is 1. The van der Waals surface area contributed by atoms with E-state index in [1.54, 1.807) is 13.3 Å². The smallest absolute Gasteiger partial charge is 0.254 e. The molecule has 0 atom stereocenters. The Morgan fingerprint density at radius 3 is 2.77 bits per heavy atom. The molecule has 0 aliphatic carbocycles. The van der Waals surface area contributed by atoms with Crippen molar-refractivity contribution in [1.82, 2.24) is 14.9 Å². The normalized spacial score (nSPS) is 22.7. The first-order valence-electron chi connectivity index (χ1n) is 8.14. The average molecular weight is 307 g/mol. The minimum atomic E-state index is -0.661. The van der Waals surface area contributed by atoms with Crippen molar-refractivity contribution >= 4 is 5.91 Å². The van der Waals surface area contributed by atoms with Crippen LogP contribution in [0.15, 0.2) is 12.4 Å². The topological polar surface area (TPSA) is 67.5 Å². The molecule has 0 unspecified atom stereocenters. The van der Waals surface area contributed by atoms with Gasteiger partial charge in [-0.05, 0) is 18.8 Å². The van der Waals surface area contributed by atoms with Gasteiger partial charge in [-0.2, -0.15) is 0 Å². The van der Waals surface area contributed by atoms with Crippen LogP contribution in [0.5, 0.6) is 0 Å². The molecule has 0 saturated carbocycles. The van der Waals surface area contributed by atoms with Crippen LogP contribution in [0.25, 0.3) is 0 Å². The molecule has 122 valence electrons. The molecule has 2 saturated heterocycles. The van der Waals surface area contributed by atoms with Crippen molar-refractivity contribution in [3.63, 3.8) is 0 Å². The Morgan fingerprint density at radius 1 is 1.45 bits per heavy atom. The Balaban J connectivity index is 1.55. The van der Waals surface area contributed by atoms with Crippen LogP contribution in [-0.2, 0) is 20.7 Å². The zero-order valence-corrected chi connectivity index (χ0v) is 13.2. The summed E-state index contributed by atoms with van der Waals surface area (Å²) in [5, 5.41) is 0. The lowest BCUT2D eigenvalue weighted by atomic mass is 9.89. The fourth-order valence-corrected chi connectivity index (χ4v) is 3.52. The molecule has 6 heteroatoms. The second-order valence-electron chi connectivity index (χ2n) is 6.29. The largest absolute Gasteiger partial charge is 0.381 e. The molecule has 0 spiro atoms. The van der Waals surface area contributed by atoms with E-state index >= 15 is 0 Å². The number of aromatic amines is 1. The number of H-pyrrole nitrogens is 1. The summed E-state index contributed by atoms with van der Waals surface area (Å²) in [6.07, 6.45) is 8.01. The molecule has 2 aliphatic rings. The number of aromatic nitrogens is 2. The van der Waals surface area contributed by atoms with Crippen molar-refractivity contribution < 1.29 is 14.3 Å². The summed E-state index contributed by atoms with van der Waals surface area (Å²) in [5.74, 6) is 1.79. The van der Waals surface area contributed by atoms with Crippen LogP contribution in [0.3, 0.4) is 0 Å². The van der Waals surface area contributed by atoms with Crippen molar-refractivity contribution in [3.05, 3.63) is 18.2 Å². The first kappa shape index (κ1) is 15.5. The summed E-state index contributed by atoms with van der Waals surface area (Å²) in [4.78, 5) is 22.3. The highest BCUT2D eigenvalue weighted by molar-refractivity contribution is 5.85. The second kappa shape index (κ2) is 6.79. The van der Waals surface area contributed by atoms with Crippen molar-refractivity contribution in [1.29, 1.82) is 0 Å². The van der Waals surface area contributed by atoms with Crippen LogP contribution in [-0.4, -0.2) is 59.8 Å². The van der Waals surface area contributed by atoms with Crippen LogP contribution in [0.2, 0.25) is 0 Å². The van der Waals surface area contributed by atoms with Gasteiger partial charge >= 0.3 is 0 Å². The minimum absolute atomic E-state index is 0.148. The zero-order valence-electron chi connectivity index (χ0n) is 13.2. The van der Waals surface area contributed by atoms with Gasteiger partial charge in [0.2, 0.25) is 0 Å². The number of nitrogens with one attached hydrogen (secondary N) is 1. The number of nitrogens with zero attached hydrogens (tertiary/aromatic N) is 2. The van der Waals surface area contributed by atoms with Crippen molar-refractivity contribution in [2.24, 2.45) is 5.92 Å². The maximum Gasteiger partial charge on any atom is 0.254 e. The van der Waals surface area contributed by atoms with Crippen LogP contribution >= 0.6 is 0 Å². The van der Waals surface area contributed by atoms with E-state index in [2.05, 4.69) is 9.97 Å². The molecule has 1 aromatic rings. The molecule has 6 nitrogen and oxygen atoms in total. The van der Waals surface area contributed by atoms with E-state index < -0.39 is 5.60 Å². The molecule has 3 heterocycles. The SMILES string of the molecule is COC1(C(=O)N2CCC(Cc3ncc[nH]3)CC2)CCOCC1.